The molecule has 1 heterocycles. The fraction of sp³-hybridized carbons (Fsp3) is 0.650. The molecule has 1 saturated heterocycles. The van der Waals surface area contributed by atoms with E-state index in [1.165, 1.54) is 23.8 Å². The van der Waals surface area contributed by atoms with Crippen LogP contribution in [0, 0.1) is 0 Å². The summed E-state index contributed by atoms with van der Waals surface area (Å²) in [5.41, 5.74) is 2.66. The molecule has 0 radical (unpaired) electrons. The highest BCUT2D eigenvalue weighted by molar-refractivity contribution is 7.88. The molecule has 142 valence electrons. The summed E-state index contributed by atoms with van der Waals surface area (Å²) in [6, 6.07) is 8.86. The zero-order valence-corrected chi connectivity index (χ0v) is 16.2. The molecule has 1 aromatic rings. The Morgan fingerprint density at radius 3 is 2.54 bits per heavy atom. The molecule has 5 nitrogen and oxygen atoms in total. The molecule has 6 heteroatoms. The number of fused-ring (bicyclic) bond motifs is 2. The van der Waals surface area contributed by atoms with Gasteiger partial charge >= 0.3 is 0 Å². The Kier molecular flexibility index (Phi) is 4.59. The maximum Gasteiger partial charge on any atom is 0.220 e. The molecule has 1 aliphatic heterocycles. The number of piperidine rings is 1. The van der Waals surface area contributed by atoms with Crippen LogP contribution < -0.4 is 5.32 Å². The summed E-state index contributed by atoms with van der Waals surface area (Å²) in [7, 11) is -3.12. The van der Waals surface area contributed by atoms with Gasteiger partial charge in [-0.15, -0.1) is 0 Å². The van der Waals surface area contributed by atoms with Gasteiger partial charge in [0.15, 0.2) is 0 Å². The number of sulfonamides is 1. The maximum absolute atomic E-state index is 12.5. The average Bonchev–Trinajstić information content (AvgIpc) is 2.85. The molecule has 0 bridgehead atoms. The molecule has 1 aromatic carbocycles. The van der Waals surface area contributed by atoms with Gasteiger partial charge in [-0.25, -0.2) is 12.7 Å². The van der Waals surface area contributed by atoms with Gasteiger partial charge in [0.2, 0.25) is 15.9 Å². The number of carbonyl (C=O) groups excluding carboxylic acids is 1. The Morgan fingerprint density at radius 2 is 1.92 bits per heavy atom. The lowest BCUT2D eigenvalue weighted by Crippen LogP contribution is -2.44. The highest BCUT2D eigenvalue weighted by atomic mass is 32.2. The van der Waals surface area contributed by atoms with Crippen LogP contribution >= 0.6 is 0 Å². The van der Waals surface area contributed by atoms with Crippen LogP contribution in [0.3, 0.4) is 0 Å². The van der Waals surface area contributed by atoms with Crippen molar-refractivity contribution in [2.24, 2.45) is 0 Å². The van der Waals surface area contributed by atoms with E-state index in [4.69, 9.17) is 0 Å². The Labute approximate surface area is 156 Å². The minimum Gasteiger partial charge on any atom is -0.353 e. The highest BCUT2D eigenvalue weighted by Crippen LogP contribution is 2.52. The van der Waals surface area contributed by atoms with Gasteiger partial charge in [0.25, 0.3) is 0 Å². The monoisotopic (exact) mass is 376 g/mol. The van der Waals surface area contributed by atoms with Crippen molar-refractivity contribution in [1.29, 1.82) is 0 Å². The Hall–Kier alpha value is -1.40. The van der Waals surface area contributed by atoms with E-state index in [0.717, 1.165) is 32.1 Å². The Bertz CT molecular complexity index is 793. The number of amides is 1. The Morgan fingerprint density at radius 1 is 1.23 bits per heavy atom. The second-order valence-corrected chi connectivity index (χ2v) is 10.3. The second kappa shape index (κ2) is 6.64. The largest absolute Gasteiger partial charge is 0.353 e. The van der Waals surface area contributed by atoms with Crippen molar-refractivity contribution in [2.75, 3.05) is 19.3 Å². The van der Waals surface area contributed by atoms with E-state index in [1.807, 2.05) is 0 Å². The van der Waals surface area contributed by atoms with Gasteiger partial charge in [-0.05, 0) is 61.0 Å². The number of carbonyl (C=O) groups is 1. The summed E-state index contributed by atoms with van der Waals surface area (Å²) in [5.74, 6) is 0.413. The van der Waals surface area contributed by atoms with Crippen molar-refractivity contribution in [1.82, 2.24) is 9.62 Å². The quantitative estimate of drug-likeness (QED) is 0.878. The summed E-state index contributed by atoms with van der Waals surface area (Å²) in [4.78, 5) is 12.5. The van der Waals surface area contributed by atoms with Crippen LogP contribution in [0.15, 0.2) is 24.3 Å². The zero-order chi connectivity index (χ0) is 18.4. The standard InChI is InChI=1S/C20H28N2O3S/c1-26(24,25)22-11-9-20(10-12-22)14-15(17-7-2-3-8-18(17)20)13-19(23)21-16-5-4-6-16/h2-3,7-8,15-16H,4-6,9-14H2,1H3,(H,21,23). The normalized spacial score (nSPS) is 25.7. The van der Waals surface area contributed by atoms with Crippen molar-refractivity contribution >= 4 is 15.9 Å². The molecule has 1 atom stereocenters. The van der Waals surface area contributed by atoms with Crippen molar-refractivity contribution in [3.63, 3.8) is 0 Å². The van der Waals surface area contributed by atoms with Gasteiger partial charge in [-0.1, -0.05) is 24.3 Å². The predicted octanol–water partition coefficient (Wildman–Crippen LogP) is 2.53. The van der Waals surface area contributed by atoms with E-state index in [9.17, 15) is 13.2 Å². The molecule has 1 unspecified atom stereocenters. The number of benzene rings is 1. The van der Waals surface area contributed by atoms with Crippen LogP contribution in [0.25, 0.3) is 0 Å². The van der Waals surface area contributed by atoms with Crippen LogP contribution in [-0.2, 0) is 20.2 Å². The molecule has 4 rings (SSSR count). The molecule has 2 aliphatic carbocycles. The molecule has 1 amide bonds. The SMILES string of the molecule is CS(=O)(=O)N1CCC2(CC1)CC(CC(=O)NC1CCC1)c1ccccc12. The maximum atomic E-state index is 12.5. The van der Waals surface area contributed by atoms with Gasteiger partial charge in [-0.2, -0.15) is 0 Å². The van der Waals surface area contributed by atoms with Crippen LogP contribution in [0.1, 0.15) is 62.0 Å². The molecule has 0 aromatic heterocycles. The first kappa shape index (κ1) is 18.0. The van der Waals surface area contributed by atoms with Crippen LogP contribution in [0.5, 0.6) is 0 Å². The fourth-order valence-corrected chi connectivity index (χ4v) is 5.84. The summed E-state index contributed by atoms with van der Waals surface area (Å²) in [6.07, 6.45) is 7.93. The summed E-state index contributed by atoms with van der Waals surface area (Å²) >= 11 is 0. The number of hydrogen-bond acceptors (Lipinski definition) is 3. The lowest BCUT2D eigenvalue weighted by atomic mass is 9.73. The van der Waals surface area contributed by atoms with Crippen LogP contribution in [-0.4, -0.2) is 44.0 Å². The summed E-state index contributed by atoms with van der Waals surface area (Å²) < 4.78 is 25.3. The molecule has 26 heavy (non-hydrogen) atoms. The number of rotatable bonds is 4. The van der Waals surface area contributed by atoms with Gasteiger partial charge < -0.3 is 5.32 Å². The van der Waals surface area contributed by atoms with E-state index >= 15 is 0 Å². The summed E-state index contributed by atoms with van der Waals surface area (Å²) in [5, 5.41) is 3.17. The third-order valence-corrected chi connectivity index (χ3v) is 7.96. The molecule has 1 N–H and O–H groups in total. The lowest BCUT2D eigenvalue weighted by molar-refractivity contribution is -0.122. The van der Waals surface area contributed by atoms with Crippen molar-refractivity contribution in [3.8, 4) is 0 Å². The zero-order valence-electron chi connectivity index (χ0n) is 15.4. The predicted molar refractivity (Wildman–Crippen MR) is 102 cm³/mol. The molecule has 1 saturated carbocycles. The second-order valence-electron chi connectivity index (χ2n) is 8.33. The van der Waals surface area contributed by atoms with Gasteiger partial charge in [-0.3, -0.25) is 4.79 Å². The lowest BCUT2D eigenvalue weighted by Gasteiger charge is -2.39. The van der Waals surface area contributed by atoms with E-state index in [2.05, 4.69) is 29.6 Å². The molecular formula is C20H28N2O3S. The number of hydrogen-bond donors (Lipinski definition) is 1. The highest BCUT2D eigenvalue weighted by Gasteiger charge is 2.46. The number of nitrogens with one attached hydrogen (secondary N) is 1. The van der Waals surface area contributed by atoms with Crippen molar-refractivity contribution in [3.05, 3.63) is 35.4 Å². The average molecular weight is 377 g/mol. The molecule has 3 aliphatic rings. The first-order valence-corrected chi connectivity index (χ1v) is 11.6. The first-order valence-electron chi connectivity index (χ1n) is 9.71. The van der Waals surface area contributed by atoms with E-state index in [-0.39, 0.29) is 17.2 Å². The fourth-order valence-electron chi connectivity index (χ4n) is 4.99. The molecule has 1 spiro atoms. The Balaban J connectivity index is 1.50. The molecule has 2 fully saturated rings. The summed E-state index contributed by atoms with van der Waals surface area (Å²) in [6.45, 7) is 1.16. The smallest absolute Gasteiger partial charge is 0.220 e. The topological polar surface area (TPSA) is 66.5 Å². The van der Waals surface area contributed by atoms with Crippen LogP contribution in [0.4, 0.5) is 0 Å². The first-order chi connectivity index (χ1) is 12.4. The van der Waals surface area contributed by atoms with E-state index in [0.29, 0.717) is 25.6 Å². The van der Waals surface area contributed by atoms with Gasteiger partial charge in [0.1, 0.15) is 0 Å². The number of nitrogens with zero attached hydrogens (tertiary/aromatic N) is 1. The minimum absolute atomic E-state index is 0.0270. The molecular weight excluding hydrogens is 348 g/mol. The van der Waals surface area contributed by atoms with E-state index < -0.39 is 10.0 Å². The van der Waals surface area contributed by atoms with Gasteiger partial charge in [0, 0.05) is 25.6 Å². The third kappa shape index (κ3) is 3.29. The van der Waals surface area contributed by atoms with E-state index in [1.54, 1.807) is 4.31 Å². The third-order valence-electron chi connectivity index (χ3n) is 6.66. The van der Waals surface area contributed by atoms with Crippen LogP contribution in [0.2, 0.25) is 0 Å². The minimum atomic E-state index is -3.12. The van der Waals surface area contributed by atoms with Gasteiger partial charge in [0.05, 0.1) is 6.26 Å². The van der Waals surface area contributed by atoms with Crippen molar-refractivity contribution < 1.29 is 13.2 Å². The van der Waals surface area contributed by atoms with Crippen molar-refractivity contribution in [2.45, 2.75) is 62.3 Å².